The van der Waals surface area contributed by atoms with Crippen LogP contribution >= 0.6 is 0 Å². The second-order valence-corrected chi connectivity index (χ2v) is 9.50. The number of likely N-dealkylation sites (tertiary alicyclic amines) is 1. The highest BCUT2D eigenvalue weighted by Crippen LogP contribution is 2.47. The van der Waals surface area contributed by atoms with Crippen molar-refractivity contribution in [3.05, 3.63) is 35.5 Å². The van der Waals surface area contributed by atoms with E-state index in [1.54, 1.807) is 0 Å². The van der Waals surface area contributed by atoms with E-state index in [4.69, 9.17) is 4.18 Å². The van der Waals surface area contributed by atoms with Gasteiger partial charge in [-0.2, -0.15) is 8.42 Å². The van der Waals surface area contributed by atoms with Crippen LogP contribution in [0, 0.1) is 5.41 Å². The zero-order chi connectivity index (χ0) is 17.1. The number of benzene rings is 1. The van der Waals surface area contributed by atoms with Crippen molar-refractivity contribution < 1.29 is 12.6 Å². The zero-order valence-electron chi connectivity index (χ0n) is 14.4. The molecule has 4 rings (SSSR count). The molecule has 1 aliphatic carbocycles. The molecule has 0 spiro atoms. The van der Waals surface area contributed by atoms with E-state index in [2.05, 4.69) is 48.3 Å². The lowest BCUT2D eigenvalue weighted by molar-refractivity contribution is 0.0224. The van der Waals surface area contributed by atoms with Gasteiger partial charge in [0, 0.05) is 41.0 Å². The van der Waals surface area contributed by atoms with E-state index in [0.717, 1.165) is 25.6 Å². The van der Waals surface area contributed by atoms with E-state index in [0.29, 0.717) is 12.0 Å². The minimum Gasteiger partial charge on any atom is -0.361 e. The molecule has 1 aliphatic heterocycles. The van der Waals surface area contributed by atoms with Gasteiger partial charge in [-0.25, -0.2) is 0 Å². The lowest BCUT2D eigenvalue weighted by Crippen LogP contribution is -2.53. The molecule has 5 nitrogen and oxygen atoms in total. The van der Waals surface area contributed by atoms with Crippen LogP contribution in [0.15, 0.2) is 24.4 Å². The SMILES string of the molecule is CN1C[C@](C)(COS(C)(=O)=O)C[C@@H]2c3cccc4[nH]cc(c34)C[C@H]21. The van der Waals surface area contributed by atoms with Gasteiger partial charge in [0.25, 0.3) is 10.1 Å². The summed E-state index contributed by atoms with van der Waals surface area (Å²) in [6, 6.07) is 6.93. The first kappa shape index (κ1) is 16.1. The number of H-pyrrole nitrogens is 1. The number of aromatic nitrogens is 1. The van der Waals surface area contributed by atoms with Gasteiger partial charge in [0.05, 0.1) is 12.9 Å². The summed E-state index contributed by atoms with van der Waals surface area (Å²) < 4.78 is 28.0. The van der Waals surface area contributed by atoms with Gasteiger partial charge in [-0.05, 0) is 37.1 Å². The summed E-state index contributed by atoms with van der Waals surface area (Å²) in [7, 11) is -1.27. The van der Waals surface area contributed by atoms with Crippen LogP contribution in [0.4, 0.5) is 0 Å². The molecule has 0 bridgehead atoms. The Bertz CT molecular complexity index is 889. The Morgan fingerprint density at radius 1 is 1.42 bits per heavy atom. The van der Waals surface area contributed by atoms with Gasteiger partial charge in [0.15, 0.2) is 0 Å². The lowest BCUT2D eigenvalue weighted by atomic mass is 9.67. The third-order valence-electron chi connectivity index (χ3n) is 5.64. The van der Waals surface area contributed by atoms with Crippen LogP contribution < -0.4 is 0 Å². The van der Waals surface area contributed by atoms with Crippen molar-refractivity contribution >= 4 is 21.0 Å². The highest BCUT2D eigenvalue weighted by Gasteiger charge is 2.44. The van der Waals surface area contributed by atoms with Crippen molar-refractivity contribution in [2.45, 2.75) is 31.7 Å². The minimum absolute atomic E-state index is 0.172. The van der Waals surface area contributed by atoms with Crippen LogP contribution in [-0.4, -0.2) is 50.8 Å². The molecule has 2 aromatic rings. The Kier molecular flexibility index (Phi) is 3.57. The van der Waals surface area contributed by atoms with Gasteiger partial charge in [-0.15, -0.1) is 0 Å². The summed E-state index contributed by atoms with van der Waals surface area (Å²) in [4.78, 5) is 5.77. The van der Waals surface area contributed by atoms with Crippen LogP contribution in [-0.2, 0) is 20.7 Å². The third kappa shape index (κ3) is 2.66. The van der Waals surface area contributed by atoms with E-state index >= 15 is 0 Å². The molecule has 130 valence electrons. The average Bonchev–Trinajstić information content (AvgIpc) is 2.91. The monoisotopic (exact) mass is 348 g/mol. The number of aromatic amines is 1. The molecule has 1 aromatic carbocycles. The highest BCUT2D eigenvalue weighted by molar-refractivity contribution is 7.85. The number of hydrogen-bond donors (Lipinski definition) is 1. The van der Waals surface area contributed by atoms with Crippen molar-refractivity contribution in [3.8, 4) is 0 Å². The first-order chi connectivity index (χ1) is 11.3. The maximum atomic E-state index is 11.4. The molecule has 24 heavy (non-hydrogen) atoms. The van der Waals surface area contributed by atoms with Gasteiger partial charge in [-0.3, -0.25) is 4.18 Å². The molecule has 0 amide bonds. The van der Waals surface area contributed by atoms with Gasteiger partial charge in [0.1, 0.15) is 0 Å². The molecule has 1 saturated heterocycles. The Hall–Kier alpha value is -1.37. The van der Waals surface area contributed by atoms with Crippen LogP contribution in [0.5, 0.6) is 0 Å². The Morgan fingerprint density at radius 2 is 2.21 bits per heavy atom. The first-order valence-corrected chi connectivity index (χ1v) is 10.2. The van der Waals surface area contributed by atoms with Gasteiger partial charge in [0.2, 0.25) is 0 Å². The van der Waals surface area contributed by atoms with E-state index in [-0.39, 0.29) is 12.0 Å². The van der Waals surface area contributed by atoms with Crippen LogP contribution in [0.2, 0.25) is 0 Å². The minimum atomic E-state index is -3.41. The number of fused-ring (bicyclic) bond motifs is 2. The van der Waals surface area contributed by atoms with E-state index in [1.165, 1.54) is 22.0 Å². The fraction of sp³-hybridized carbons (Fsp3) is 0.556. The second-order valence-electron chi connectivity index (χ2n) is 7.86. The number of hydrogen-bond acceptors (Lipinski definition) is 4. The predicted octanol–water partition coefficient (Wildman–Crippen LogP) is 2.49. The fourth-order valence-corrected chi connectivity index (χ4v) is 5.21. The molecule has 1 N–H and O–H groups in total. The number of likely N-dealkylation sites (N-methyl/N-ethyl adjacent to an activating group) is 1. The summed E-state index contributed by atoms with van der Waals surface area (Å²) in [6.07, 6.45) is 5.25. The largest absolute Gasteiger partial charge is 0.361 e. The predicted molar refractivity (Wildman–Crippen MR) is 94.7 cm³/mol. The molecule has 0 radical (unpaired) electrons. The average molecular weight is 348 g/mol. The quantitative estimate of drug-likeness (QED) is 0.866. The number of rotatable bonds is 3. The highest BCUT2D eigenvalue weighted by atomic mass is 32.2. The normalized spacial score (nSPS) is 30.5. The summed E-state index contributed by atoms with van der Waals surface area (Å²) >= 11 is 0. The van der Waals surface area contributed by atoms with Crippen LogP contribution in [0.25, 0.3) is 10.9 Å². The van der Waals surface area contributed by atoms with E-state index in [9.17, 15) is 8.42 Å². The third-order valence-corrected chi connectivity index (χ3v) is 6.19. The molecule has 1 aromatic heterocycles. The van der Waals surface area contributed by atoms with Crippen molar-refractivity contribution in [3.63, 3.8) is 0 Å². The Balaban J connectivity index is 1.70. The van der Waals surface area contributed by atoms with Gasteiger partial charge >= 0.3 is 0 Å². The van der Waals surface area contributed by atoms with E-state index < -0.39 is 10.1 Å². The van der Waals surface area contributed by atoms with E-state index in [1.807, 2.05) is 0 Å². The maximum absolute atomic E-state index is 11.4. The van der Waals surface area contributed by atoms with Crippen molar-refractivity contribution in [1.82, 2.24) is 9.88 Å². The standard InChI is InChI=1S/C18H24N2O3S/c1-18(11-23-24(3,21)22)8-14-13-5-4-6-15-17(13)12(9-19-15)7-16(14)20(2)10-18/h4-6,9,14,16,19H,7-8,10-11H2,1-3H3/t14-,16-,18-/m1/s1. The van der Waals surface area contributed by atoms with Crippen molar-refractivity contribution in [2.75, 3.05) is 26.5 Å². The maximum Gasteiger partial charge on any atom is 0.264 e. The van der Waals surface area contributed by atoms with Crippen LogP contribution in [0.1, 0.15) is 30.4 Å². The molecular weight excluding hydrogens is 324 g/mol. The molecule has 0 saturated carbocycles. The number of nitrogens with one attached hydrogen (secondary N) is 1. The van der Waals surface area contributed by atoms with Crippen molar-refractivity contribution in [1.29, 1.82) is 0 Å². The molecule has 3 atom stereocenters. The number of piperidine rings is 1. The molecule has 2 aliphatic rings. The van der Waals surface area contributed by atoms with Crippen molar-refractivity contribution in [2.24, 2.45) is 5.41 Å². The lowest BCUT2D eigenvalue weighted by Gasteiger charge is -2.50. The first-order valence-electron chi connectivity index (χ1n) is 8.39. The number of nitrogens with zero attached hydrogens (tertiary/aromatic N) is 1. The Labute approximate surface area is 143 Å². The summed E-state index contributed by atoms with van der Waals surface area (Å²) in [5, 5.41) is 1.36. The van der Waals surface area contributed by atoms with Gasteiger partial charge in [-0.1, -0.05) is 19.1 Å². The second kappa shape index (κ2) is 5.31. The fourth-order valence-electron chi connectivity index (χ4n) is 4.71. The zero-order valence-corrected chi connectivity index (χ0v) is 15.2. The molecular formula is C18H24N2O3S. The van der Waals surface area contributed by atoms with Gasteiger partial charge < -0.3 is 9.88 Å². The molecule has 2 heterocycles. The molecule has 1 fully saturated rings. The molecule has 6 heteroatoms. The molecule has 0 unspecified atom stereocenters. The summed E-state index contributed by atoms with van der Waals surface area (Å²) in [6.45, 7) is 3.23. The van der Waals surface area contributed by atoms with Crippen LogP contribution in [0.3, 0.4) is 0 Å². The summed E-state index contributed by atoms with van der Waals surface area (Å²) in [5.74, 6) is 0.406. The summed E-state index contributed by atoms with van der Waals surface area (Å²) in [5.41, 5.74) is 3.81. The smallest absolute Gasteiger partial charge is 0.264 e. The Morgan fingerprint density at radius 3 is 2.96 bits per heavy atom. The topological polar surface area (TPSA) is 62.4 Å².